The lowest BCUT2D eigenvalue weighted by atomic mass is 10.1. The fourth-order valence-corrected chi connectivity index (χ4v) is 5.99. The summed E-state index contributed by atoms with van der Waals surface area (Å²) in [6, 6.07) is 4.84. The summed E-state index contributed by atoms with van der Waals surface area (Å²) < 4.78 is 29.2. The first kappa shape index (κ1) is 24.8. The van der Waals surface area contributed by atoms with Crippen molar-refractivity contribution in [2.24, 2.45) is 5.73 Å². The van der Waals surface area contributed by atoms with Gasteiger partial charge >= 0.3 is 0 Å². The second-order valence-electron chi connectivity index (χ2n) is 8.91. The fourth-order valence-electron chi connectivity index (χ4n) is 4.45. The maximum atomic E-state index is 13.0. The van der Waals surface area contributed by atoms with E-state index in [1.807, 2.05) is 20.8 Å². The molecular weight excluding hydrogens is 468 g/mol. The second-order valence-corrected chi connectivity index (χ2v) is 10.8. The molecule has 11 heteroatoms. The maximum absolute atomic E-state index is 13.0. The molecule has 0 unspecified atom stereocenters. The number of hydrogen-bond donors (Lipinski definition) is 2. The average Bonchev–Trinajstić information content (AvgIpc) is 3.25. The Morgan fingerprint density at radius 2 is 1.83 bits per heavy atom. The van der Waals surface area contributed by atoms with E-state index in [9.17, 15) is 18.0 Å². The SMILES string of the molecule is Cc1ccc(S(=O)(=O)N2CCCCC2)cc1NC(=O)CCc1c(C)nc2c(C(N)=O)cnn2c1C. The van der Waals surface area contributed by atoms with Crippen molar-refractivity contribution >= 4 is 33.2 Å². The number of nitrogens with zero attached hydrogens (tertiary/aromatic N) is 4. The molecule has 2 amide bonds. The van der Waals surface area contributed by atoms with Crippen LogP contribution in [0.4, 0.5) is 5.69 Å². The zero-order valence-electron chi connectivity index (χ0n) is 20.2. The molecule has 10 nitrogen and oxygen atoms in total. The van der Waals surface area contributed by atoms with Gasteiger partial charge in [-0.2, -0.15) is 9.40 Å². The van der Waals surface area contributed by atoms with E-state index in [4.69, 9.17) is 5.73 Å². The third-order valence-electron chi connectivity index (χ3n) is 6.51. The molecule has 1 fully saturated rings. The molecule has 0 radical (unpaired) electrons. The van der Waals surface area contributed by atoms with Crippen molar-refractivity contribution in [3.8, 4) is 0 Å². The van der Waals surface area contributed by atoms with Gasteiger partial charge in [-0.1, -0.05) is 12.5 Å². The van der Waals surface area contributed by atoms with Gasteiger partial charge in [-0.25, -0.2) is 17.9 Å². The van der Waals surface area contributed by atoms with E-state index < -0.39 is 15.9 Å². The van der Waals surface area contributed by atoms with Crippen LogP contribution in [0.5, 0.6) is 0 Å². The molecule has 0 bridgehead atoms. The Balaban J connectivity index is 1.50. The van der Waals surface area contributed by atoms with Crippen molar-refractivity contribution in [3.05, 3.63) is 52.5 Å². The molecule has 186 valence electrons. The minimum atomic E-state index is -3.60. The highest BCUT2D eigenvalue weighted by atomic mass is 32.2. The molecule has 0 aliphatic carbocycles. The third-order valence-corrected chi connectivity index (χ3v) is 8.41. The number of aromatic nitrogens is 3. The number of sulfonamides is 1. The van der Waals surface area contributed by atoms with Crippen LogP contribution in [0.3, 0.4) is 0 Å². The number of amides is 2. The summed E-state index contributed by atoms with van der Waals surface area (Å²) in [5, 5.41) is 7.08. The van der Waals surface area contributed by atoms with Gasteiger partial charge in [0.05, 0.1) is 11.1 Å². The van der Waals surface area contributed by atoms with Gasteiger partial charge in [0.2, 0.25) is 15.9 Å². The molecule has 35 heavy (non-hydrogen) atoms. The zero-order valence-corrected chi connectivity index (χ0v) is 21.0. The highest BCUT2D eigenvalue weighted by Gasteiger charge is 2.26. The van der Waals surface area contributed by atoms with Crippen LogP contribution < -0.4 is 11.1 Å². The first-order valence-corrected chi connectivity index (χ1v) is 13.1. The molecule has 0 spiro atoms. The highest BCUT2D eigenvalue weighted by molar-refractivity contribution is 7.89. The number of piperidine rings is 1. The van der Waals surface area contributed by atoms with E-state index in [0.29, 0.717) is 36.5 Å². The van der Waals surface area contributed by atoms with Crippen molar-refractivity contribution in [3.63, 3.8) is 0 Å². The Morgan fingerprint density at radius 3 is 2.51 bits per heavy atom. The van der Waals surface area contributed by atoms with Crippen LogP contribution in [0.2, 0.25) is 0 Å². The van der Waals surface area contributed by atoms with Crippen LogP contribution in [-0.2, 0) is 21.2 Å². The lowest BCUT2D eigenvalue weighted by Crippen LogP contribution is -2.35. The van der Waals surface area contributed by atoms with Crippen molar-refractivity contribution in [2.45, 2.75) is 57.8 Å². The molecule has 0 atom stereocenters. The predicted octanol–water partition coefficient (Wildman–Crippen LogP) is 2.50. The number of aryl methyl sites for hydroxylation is 3. The van der Waals surface area contributed by atoms with Crippen LogP contribution in [0.15, 0.2) is 29.3 Å². The van der Waals surface area contributed by atoms with Gasteiger partial charge in [-0.3, -0.25) is 9.59 Å². The molecule has 3 N–H and O–H groups in total. The lowest BCUT2D eigenvalue weighted by molar-refractivity contribution is -0.116. The van der Waals surface area contributed by atoms with Crippen LogP contribution >= 0.6 is 0 Å². The zero-order chi connectivity index (χ0) is 25.3. The number of carbonyl (C=O) groups is 2. The topological polar surface area (TPSA) is 140 Å². The quantitative estimate of drug-likeness (QED) is 0.513. The Kier molecular flexibility index (Phi) is 6.91. The van der Waals surface area contributed by atoms with Gasteiger partial charge in [0.15, 0.2) is 5.65 Å². The number of anilines is 1. The number of primary amides is 1. The second kappa shape index (κ2) is 9.74. The molecule has 2 aromatic heterocycles. The van der Waals surface area contributed by atoms with Gasteiger partial charge in [-0.05, 0) is 63.3 Å². The van der Waals surface area contributed by atoms with E-state index in [-0.39, 0.29) is 22.8 Å². The van der Waals surface area contributed by atoms with Crippen molar-refractivity contribution in [2.75, 3.05) is 18.4 Å². The number of nitrogens with two attached hydrogens (primary N) is 1. The average molecular weight is 499 g/mol. The molecule has 1 aromatic carbocycles. The number of nitrogens with one attached hydrogen (secondary N) is 1. The third kappa shape index (κ3) is 4.92. The van der Waals surface area contributed by atoms with Gasteiger partial charge in [0, 0.05) is 36.6 Å². The fraction of sp³-hybridized carbons (Fsp3) is 0.417. The van der Waals surface area contributed by atoms with E-state index in [1.54, 1.807) is 16.6 Å². The Morgan fingerprint density at radius 1 is 1.11 bits per heavy atom. The summed E-state index contributed by atoms with van der Waals surface area (Å²) in [5.74, 6) is -0.837. The lowest BCUT2D eigenvalue weighted by Gasteiger charge is -2.26. The van der Waals surface area contributed by atoms with Crippen molar-refractivity contribution in [1.82, 2.24) is 18.9 Å². The maximum Gasteiger partial charge on any atom is 0.254 e. The minimum absolute atomic E-state index is 0.168. The molecule has 3 heterocycles. The van der Waals surface area contributed by atoms with Gasteiger partial charge in [-0.15, -0.1) is 0 Å². The monoisotopic (exact) mass is 498 g/mol. The summed E-state index contributed by atoms with van der Waals surface area (Å²) in [6.07, 6.45) is 4.72. The first-order chi connectivity index (χ1) is 16.6. The summed E-state index contributed by atoms with van der Waals surface area (Å²) in [7, 11) is -3.60. The largest absolute Gasteiger partial charge is 0.365 e. The summed E-state index contributed by atoms with van der Waals surface area (Å²) >= 11 is 0. The van der Waals surface area contributed by atoms with Gasteiger partial charge < -0.3 is 11.1 Å². The van der Waals surface area contributed by atoms with Gasteiger partial charge in [0.1, 0.15) is 5.56 Å². The predicted molar refractivity (Wildman–Crippen MR) is 132 cm³/mol. The van der Waals surface area contributed by atoms with E-state index in [1.165, 1.54) is 16.6 Å². The summed E-state index contributed by atoms with van der Waals surface area (Å²) in [4.78, 5) is 29.1. The van der Waals surface area contributed by atoms with Crippen LogP contribution in [0.25, 0.3) is 5.65 Å². The minimum Gasteiger partial charge on any atom is -0.365 e. The molecule has 3 aromatic rings. The van der Waals surface area contributed by atoms with E-state index >= 15 is 0 Å². The van der Waals surface area contributed by atoms with Crippen molar-refractivity contribution in [1.29, 1.82) is 0 Å². The van der Waals surface area contributed by atoms with E-state index in [0.717, 1.165) is 36.1 Å². The smallest absolute Gasteiger partial charge is 0.254 e. The van der Waals surface area contributed by atoms with Crippen LogP contribution in [0.1, 0.15) is 58.6 Å². The molecule has 1 aliphatic heterocycles. The number of fused-ring (bicyclic) bond motifs is 1. The first-order valence-electron chi connectivity index (χ1n) is 11.6. The molecule has 1 aliphatic rings. The molecular formula is C24H30N6O4S. The molecule has 0 saturated carbocycles. The number of rotatable bonds is 7. The van der Waals surface area contributed by atoms with E-state index in [2.05, 4.69) is 15.4 Å². The Labute approximate surface area is 204 Å². The molecule has 4 rings (SSSR count). The number of benzene rings is 1. The standard InChI is InChI=1S/C24H30N6O4S/c1-15-7-8-18(35(33,34)29-11-5-4-6-12-29)13-21(15)28-22(31)10-9-19-16(2)27-24-20(23(25)32)14-26-30(24)17(19)3/h7-8,13-14H,4-6,9-12H2,1-3H3,(H2,25,32)(H,28,31). The van der Waals surface area contributed by atoms with Crippen molar-refractivity contribution < 1.29 is 18.0 Å². The summed E-state index contributed by atoms with van der Waals surface area (Å²) in [5.41, 5.74) is 9.62. The van der Waals surface area contributed by atoms with Crippen LogP contribution in [0, 0.1) is 20.8 Å². The normalized spacial score (nSPS) is 14.8. The molecule has 1 saturated heterocycles. The Bertz CT molecular complexity index is 1410. The summed E-state index contributed by atoms with van der Waals surface area (Å²) in [6.45, 7) is 6.54. The number of carbonyl (C=O) groups excluding carboxylic acids is 2. The Hall–Kier alpha value is -3.31. The van der Waals surface area contributed by atoms with Crippen LogP contribution in [-0.4, -0.2) is 52.2 Å². The van der Waals surface area contributed by atoms with Gasteiger partial charge in [0.25, 0.3) is 5.91 Å². The highest BCUT2D eigenvalue weighted by Crippen LogP contribution is 2.26. The number of hydrogen-bond acceptors (Lipinski definition) is 6.